The number of anilines is 2. The normalized spacial score (nSPS) is 11.3. The Balaban J connectivity index is 2.67. The van der Waals surface area contributed by atoms with Gasteiger partial charge in [-0.15, -0.1) is 0 Å². The summed E-state index contributed by atoms with van der Waals surface area (Å²) >= 11 is 0. The monoisotopic (exact) mass is 294 g/mol. The summed E-state index contributed by atoms with van der Waals surface area (Å²) in [4.78, 5) is 7.84. The second kappa shape index (κ2) is 4.97. The zero-order valence-corrected chi connectivity index (χ0v) is 11.8. The van der Waals surface area contributed by atoms with Gasteiger partial charge >= 0.3 is 0 Å². The molecular weight excluding hydrogens is 280 g/mol. The summed E-state index contributed by atoms with van der Waals surface area (Å²) in [5.74, 6) is 0.627. The van der Waals surface area contributed by atoms with Crippen LogP contribution >= 0.6 is 0 Å². The molecule has 0 saturated carbocycles. The van der Waals surface area contributed by atoms with Crippen molar-refractivity contribution in [2.24, 2.45) is 0 Å². The summed E-state index contributed by atoms with van der Waals surface area (Å²) in [6.07, 6.45) is 2.56. The fraction of sp³-hybridized carbons (Fsp3) is 0.167. The second-order valence-electron chi connectivity index (χ2n) is 4.20. The number of hydrogen-bond acceptors (Lipinski definition) is 7. The molecular formula is C12H14N4O3S. The zero-order chi connectivity index (χ0) is 14.9. The van der Waals surface area contributed by atoms with Gasteiger partial charge in [-0.3, -0.25) is 0 Å². The van der Waals surface area contributed by atoms with Gasteiger partial charge in [-0.05, 0) is 23.8 Å². The predicted octanol–water partition coefficient (Wildman–Crippen LogP) is 0.720. The van der Waals surface area contributed by atoms with Crippen LogP contribution in [0.1, 0.15) is 0 Å². The fourth-order valence-electron chi connectivity index (χ4n) is 1.69. The van der Waals surface area contributed by atoms with E-state index in [1.807, 2.05) is 0 Å². The van der Waals surface area contributed by atoms with Gasteiger partial charge in [-0.2, -0.15) is 4.98 Å². The maximum atomic E-state index is 11.7. The minimum absolute atomic E-state index is 0.0532. The minimum Gasteiger partial charge on any atom is -0.497 e. The van der Waals surface area contributed by atoms with Crippen molar-refractivity contribution in [3.05, 3.63) is 24.4 Å². The molecule has 0 fully saturated rings. The molecule has 20 heavy (non-hydrogen) atoms. The summed E-state index contributed by atoms with van der Waals surface area (Å²) < 4.78 is 28.5. The maximum Gasteiger partial charge on any atom is 0.221 e. The van der Waals surface area contributed by atoms with Crippen molar-refractivity contribution in [2.75, 3.05) is 24.8 Å². The summed E-state index contributed by atoms with van der Waals surface area (Å²) in [6, 6.07) is 4.58. The molecule has 0 spiro atoms. The Hall–Kier alpha value is -2.35. The topological polar surface area (TPSA) is 121 Å². The second-order valence-corrected chi connectivity index (χ2v) is 6.21. The lowest BCUT2D eigenvalue weighted by Gasteiger charge is -2.09. The molecule has 0 aliphatic rings. The maximum absolute atomic E-state index is 11.7. The first-order valence-electron chi connectivity index (χ1n) is 5.59. The molecule has 106 valence electrons. The van der Waals surface area contributed by atoms with Gasteiger partial charge in [-0.1, -0.05) is 0 Å². The first kappa shape index (κ1) is 14.1. The lowest BCUT2D eigenvalue weighted by Crippen LogP contribution is -2.02. The number of aromatic nitrogens is 2. The number of rotatable bonds is 3. The van der Waals surface area contributed by atoms with Gasteiger partial charge in [0.2, 0.25) is 5.95 Å². The summed E-state index contributed by atoms with van der Waals surface area (Å²) in [5.41, 5.74) is 12.3. The fourth-order valence-corrected chi connectivity index (χ4v) is 2.36. The van der Waals surface area contributed by atoms with E-state index in [0.29, 0.717) is 16.9 Å². The molecule has 1 heterocycles. The average molecular weight is 294 g/mol. The van der Waals surface area contributed by atoms with Crippen LogP contribution < -0.4 is 16.2 Å². The van der Waals surface area contributed by atoms with Crippen molar-refractivity contribution >= 4 is 21.6 Å². The molecule has 0 aliphatic carbocycles. The number of ether oxygens (including phenoxy) is 1. The van der Waals surface area contributed by atoms with Crippen molar-refractivity contribution in [2.45, 2.75) is 4.90 Å². The molecule has 0 unspecified atom stereocenters. The lowest BCUT2D eigenvalue weighted by atomic mass is 10.1. The number of nitrogens with two attached hydrogens (primary N) is 2. The van der Waals surface area contributed by atoms with Crippen LogP contribution in [-0.2, 0) is 9.84 Å². The van der Waals surface area contributed by atoms with Crippen molar-refractivity contribution in [1.82, 2.24) is 9.97 Å². The molecule has 8 heteroatoms. The number of nitrogens with zero attached hydrogens (tertiary/aromatic N) is 2. The van der Waals surface area contributed by atoms with Gasteiger partial charge < -0.3 is 16.2 Å². The molecule has 2 aromatic rings. The Labute approximate surface area is 116 Å². The van der Waals surface area contributed by atoms with Crippen LogP contribution in [0.25, 0.3) is 11.1 Å². The number of methoxy groups -OCH3 is 1. The van der Waals surface area contributed by atoms with E-state index in [9.17, 15) is 8.42 Å². The van der Waals surface area contributed by atoms with Crippen molar-refractivity contribution in [3.8, 4) is 16.9 Å². The number of nitrogen functional groups attached to an aromatic ring is 2. The standard InChI is InChI=1S/C12H14N4O3S/c1-19-8-3-7(4-9(5-8)20(2,17)18)10-6-15-12(14)16-11(10)13/h3-6H,1-2H3,(H4,13,14,15,16). The van der Waals surface area contributed by atoms with E-state index in [1.165, 1.54) is 25.4 Å². The third-order valence-corrected chi connectivity index (χ3v) is 3.78. The smallest absolute Gasteiger partial charge is 0.221 e. The Bertz CT molecular complexity index is 759. The van der Waals surface area contributed by atoms with Gasteiger partial charge in [0.05, 0.1) is 12.0 Å². The van der Waals surface area contributed by atoms with E-state index in [0.717, 1.165) is 6.26 Å². The largest absolute Gasteiger partial charge is 0.497 e. The van der Waals surface area contributed by atoms with E-state index in [4.69, 9.17) is 16.2 Å². The highest BCUT2D eigenvalue weighted by Gasteiger charge is 2.14. The van der Waals surface area contributed by atoms with Gasteiger partial charge in [-0.25, -0.2) is 13.4 Å². The van der Waals surface area contributed by atoms with Crippen LogP contribution in [0, 0.1) is 0 Å². The van der Waals surface area contributed by atoms with Crippen molar-refractivity contribution in [1.29, 1.82) is 0 Å². The van der Waals surface area contributed by atoms with E-state index < -0.39 is 9.84 Å². The van der Waals surface area contributed by atoms with E-state index >= 15 is 0 Å². The minimum atomic E-state index is -3.37. The van der Waals surface area contributed by atoms with Crippen LogP contribution in [0.2, 0.25) is 0 Å². The van der Waals surface area contributed by atoms with Crippen LogP contribution in [0.15, 0.2) is 29.3 Å². The van der Waals surface area contributed by atoms with Gasteiger partial charge in [0.1, 0.15) is 11.6 Å². The number of benzene rings is 1. The van der Waals surface area contributed by atoms with Crippen molar-refractivity contribution < 1.29 is 13.2 Å². The number of hydrogen-bond donors (Lipinski definition) is 2. The highest BCUT2D eigenvalue weighted by atomic mass is 32.2. The quantitative estimate of drug-likeness (QED) is 0.855. The van der Waals surface area contributed by atoms with Crippen LogP contribution in [0.3, 0.4) is 0 Å². The Morgan fingerprint density at radius 2 is 1.90 bits per heavy atom. The van der Waals surface area contributed by atoms with E-state index in [-0.39, 0.29) is 16.7 Å². The van der Waals surface area contributed by atoms with Gasteiger partial charge in [0.15, 0.2) is 9.84 Å². The van der Waals surface area contributed by atoms with Crippen LogP contribution in [0.4, 0.5) is 11.8 Å². The first-order valence-corrected chi connectivity index (χ1v) is 7.48. The predicted molar refractivity (Wildman–Crippen MR) is 76.0 cm³/mol. The van der Waals surface area contributed by atoms with Crippen LogP contribution in [-0.4, -0.2) is 31.8 Å². The highest BCUT2D eigenvalue weighted by molar-refractivity contribution is 7.90. The van der Waals surface area contributed by atoms with E-state index in [1.54, 1.807) is 6.07 Å². The molecule has 0 atom stereocenters. The molecule has 0 bridgehead atoms. The molecule has 0 radical (unpaired) electrons. The molecule has 0 aliphatic heterocycles. The van der Waals surface area contributed by atoms with Gasteiger partial charge in [0, 0.05) is 18.0 Å². The van der Waals surface area contributed by atoms with Crippen molar-refractivity contribution in [3.63, 3.8) is 0 Å². The SMILES string of the molecule is COc1cc(-c2cnc(N)nc2N)cc(S(C)(=O)=O)c1. The van der Waals surface area contributed by atoms with Gasteiger partial charge in [0.25, 0.3) is 0 Å². The molecule has 7 nitrogen and oxygen atoms in total. The molecule has 1 aromatic heterocycles. The summed E-state index contributed by atoms with van der Waals surface area (Å²) in [5, 5.41) is 0. The summed E-state index contributed by atoms with van der Waals surface area (Å²) in [6.45, 7) is 0. The molecule has 4 N–H and O–H groups in total. The first-order chi connectivity index (χ1) is 9.31. The zero-order valence-electron chi connectivity index (χ0n) is 11.0. The molecule has 2 rings (SSSR count). The third kappa shape index (κ3) is 2.80. The Morgan fingerprint density at radius 3 is 2.45 bits per heavy atom. The third-order valence-electron chi connectivity index (χ3n) is 2.69. The number of sulfone groups is 1. The molecule has 1 aromatic carbocycles. The van der Waals surface area contributed by atoms with E-state index in [2.05, 4.69) is 9.97 Å². The Kier molecular flexibility index (Phi) is 3.49. The summed E-state index contributed by atoms with van der Waals surface area (Å²) in [7, 11) is -1.92. The Morgan fingerprint density at radius 1 is 1.20 bits per heavy atom. The average Bonchev–Trinajstić information content (AvgIpc) is 2.37. The molecule has 0 amide bonds. The van der Waals surface area contributed by atoms with Crippen LogP contribution in [0.5, 0.6) is 5.75 Å². The molecule has 0 saturated heterocycles. The lowest BCUT2D eigenvalue weighted by molar-refractivity contribution is 0.413. The highest BCUT2D eigenvalue weighted by Crippen LogP contribution is 2.30.